The van der Waals surface area contributed by atoms with Gasteiger partial charge in [0.25, 0.3) is 0 Å². The summed E-state index contributed by atoms with van der Waals surface area (Å²) in [5.41, 5.74) is 2.19. The van der Waals surface area contributed by atoms with Crippen LogP contribution < -0.4 is 10.1 Å². The number of pyridine rings is 1. The largest absolute Gasteiger partial charge is 0.493 e. The van der Waals surface area contributed by atoms with Crippen molar-refractivity contribution in [2.75, 3.05) is 32.2 Å². The molecule has 0 bridgehead atoms. The zero-order chi connectivity index (χ0) is 19.8. The Morgan fingerprint density at radius 3 is 2.79 bits per heavy atom. The van der Waals surface area contributed by atoms with Crippen molar-refractivity contribution < 1.29 is 19.4 Å². The van der Waals surface area contributed by atoms with Gasteiger partial charge in [0, 0.05) is 38.8 Å². The second kappa shape index (κ2) is 10.1. The van der Waals surface area contributed by atoms with E-state index in [0.717, 1.165) is 49.7 Å². The van der Waals surface area contributed by atoms with Crippen LogP contribution in [0.4, 0.5) is 5.82 Å². The molecule has 6 heteroatoms. The summed E-state index contributed by atoms with van der Waals surface area (Å²) < 4.78 is 10.9. The number of methoxy groups -OCH3 is 1. The molecule has 0 amide bonds. The average Bonchev–Trinajstić information content (AvgIpc) is 3.44. The Kier molecular flexibility index (Phi) is 7.25. The number of nitrogens with zero attached hydrogens (tertiary/aromatic N) is 1. The number of carboxylic acid groups (broad SMARTS) is 1. The van der Waals surface area contributed by atoms with Gasteiger partial charge in [0.15, 0.2) is 0 Å². The topological polar surface area (TPSA) is 80.7 Å². The number of hydrogen-bond acceptors (Lipinski definition) is 5. The predicted molar refractivity (Wildman–Crippen MR) is 108 cm³/mol. The number of anilines is 1. The molecule has 0 radical (unpaired) electrons. The molecule has 0 aliphatic heterocycles. The minimum absolute atomic E-state index is 0.260. The predicted octanol–water partition coefficient (Wildman–Crippen LogP) is 3.73. The van der Waals surface area contributed by atoms with E-state index < -0.39 is 5.97 Å². The Bertz CT molecular complexity index is 763. The highest BCUT2D eigenvalue weighted by Gasteiger charge is 2.39. The van der Waals surface area contributed by atoms with Crippen molar-refractivity contribution in [2.45, 2.75) is 31.6 Å². The fourth-order valence-corrected chi connectivity index (χ4v) is 3.34. The van der Waals surface area contributed by atoms with Crippen molar-refractivity contribution in [3.63, 3.8) is 0 Å². The van der Waals surface area contributed by atoms with E-state index in [1.165, 1.54) is 5.56 Å². The number of aliphatic carboxylic acids is 1. The van der Waals surface area contributed by atoms with Gasteiger partial charge in [-0.15, -0.1) is 0 Å². The number of benzene rings is 1. The molecule has 1 aromatic carbocycles. The summed E-state index contributed by atoms with van der Waals surface area (Å²) in [7, 11) is 1.70. The zero-order valence-corrected chi connectivity index (χ0v) is 16.3. The summed E-state index contributed by atoms with van der Waals surface area (Å²) in [6.45, 7) is 2.13. The minimum atomic E-state index is -0.713. The number of rotatable bonds is 12. The fraction of sp³-hybridized carbons (Fsp3) is 0.455. The molecular formula is C22H28N2O4. The molecule has 1 aliphatic rings. The van der Waals surface area contributed by atoms with E-state index in [4.69, 9.17) is 14.6 Å². The molecule has 1 aromatic heterocycles. The number of hydrogen-bond donors (Lipinski definition) is 2. The molecule has 0 saturated heterocycles. The lowest BCUT2D eigenvalue weighted by atomic mass is 10.1. The van der Waals surface area contributed by atoms with Gasteiger partial charge < -0.3 is 19.9 Å². The molecule has 6 nitrogen and oxygen atoms in total. The van der Waals surface area contributed by atoms with Crippen molar-refractivity contribution in [3.05, 3.63) is 53.7 Å². The van der Waals surface area contributed by atoms with Gasteiger partial charge in [0.2, 0.25) is 0 Å². The highest BCUT2D eigenvalue weighted by atomic mass is 16.5. The summed E-state index contributed by atoms with van der Waals surface area (Å²) in [5.74, 6) is 1.65. The van der Waals surface area contributed by atoms with Gasteiger partial charge in [0.1, 0.15) is 11.6 Å². The van der Waals surface area contributed by atoms with Crippen LogP contribution in [-0.4, -0.2) is 42.9 Å². The standard InChI is InChI=1S/C22H28N2O4/c1-27-12-3-11-23-21-5-2-4-18(24-21)10-13-28-19-8-6-16(7-9-19)20-14-17(20)15-22(25)26/h2,4-9,17,20H,3,10-15H2,1H3,(H,23,24)(H,25,26). The number of ether oxygens (including phenoxy) is 2. The van der Waals surface area contributed by atoms with Crippen LogP contribution >= 0.6 is 0 Å². The van der Waals surface area contributed by atoms with Gasteiger partial charge in [-0.1, -0.05) is 18.2 Å². The third-order valence-corrected chi connectivity index (χ3v) is 4.93. The summed E-state index contributed by atoms with van der Waals surface area (Å²) >= 11 is 0. The van der Waals surface area contributed by atoms with Crippen LogP contribution in [0.5, 0.6) is 5.75 Å². The van der Waals surface area contributed by atoms with Crippen molar-refractivity contribution >= 4 is 11.8 Å². The Morgan fingerprint density at radius 2 is 2.04 bits per heavy atom. The maximum atomic E-state index is 10.8. The summed E-state index contributed by atoms with van der Waals surface area (Å²) in [5, 5.41) is 12.2. The van der Waals surface area contributed by atoms with Crippen molar-refractivity contribution in [1.29, 1.82) is 0 Å². The minimum Gasteiger partial charge on any atom is -0.493 e. The van der Waals surface area contributed by atoms with Crippen LogP contribution in [0.3, 0.4) is 0 Å². The lowest BCUT2D eigenvalue weighted by Gasteiger charge is -2.09. The SMILES string of the molecule is COCCCNc1cccc(CCOc2ccc(C3CC3CC(=O)O)cc2)n1. The third kappa shape index (κ3) is 6.23. The van der Waals surface area contributed by atoms with E-state index in [1.807, 2.05) is 42.5 Å². The summed E-state index contributed by atoms with van der Waals surface area (Å²) in [6.07, 6.45) is 2.91. The van der Waals surface area contributed by atoms with Crippen LogP contribution in [0.15, 0.2) is 42.5 Å². The van der Waals surface area contributed by atoms with Crippen LogP contribution in [0, 0.1) is 5.92 Å². The molecule has 1 saturated carbocycles. The fourth-order valence-electron chi connectivity index (χ4n) is 3.34. The first-order chi connectivity index (χ1) is 13.7. The normalized spacial score (nSPS) is 17.9. The van der Waals surface area contributed by atoms with Crippen LogP contribution in [-0.2, 0) is 16.0 Å². The highest BCUT2D eigenvalue weighted by Crippen LogP contribution is 2.49. The molecule has 1 aliphatic carbocycles. The second-order valence-corrected chi connectivity index (χ2v) is 7.15. The van der Waals surface area contributed by atoms with E-state index >= 15 is 0 Å². The molecule has 2 unspecified atom stereocenters. The maximum Gasteiger partial charge on any atom is 0.303 e. The number of carboxylic acids is 1. The molecule has 2 atom stereocenters. The lowest BCUT2D eigenvalue weighted by molar-refractivity contribution is -0.137. The first-order valence-corrected chi connectivity index (χ1v) is 9.79. The molecule has 0 spiro atoms. The van der Waals surface area contributed by atoms with E-state index in [9.17, 15) is 4.79 Å². The van der Waals surface area contributed by atoms with Gasteiger partial charge in [-0.05, 0) is 54.5 Å². The molecule has 1 fully saturated rings. The van der Waals surface area contributed by atoms with Gasteiger partial charge >= 0.3 is 5.97 Å². The number of nitrogens with one attached hydrogen (secondary N) is 1. The molecule has 2 aromatic rings. The first-order valence-electron chi connectivity index (χ1n) is 9.79. The van der Waals surface area contributed by atoms with Gasteiger partial charge in [-0.3, -0.25) is 4.79 Å². The Labute approximate surface area is 165 Å². The monoisotopic (exact) mass is 384 g/mol. The van der Waals surface area contributed by atoms with Crippen LogP contribution in [0.25, 0.3) is 0 Å². The van der Waals surface area contributed by atoms with E-state index in [0.29, 0.717) is 12.5 Å². The molecule has 28 heavy (non-hydrogen) atoms. The van der Waals surface area contributed by atoms with Crippen molar-refractivity contribution in [1.82, 2.24) is 4.98 Å². The Balaban J connectivity index is 1.41. The molecular weight excluding hydrogens is 356 g/mol. The molecule has 1 heterocycles. The van der Waals surface area contributed by atoms with Crippen LogP contribution in [0.2, 0.25) is 0 Å². The zero-order valence-electron chi connectivity index (χ0n) is 16.3. The summed E-state index contributed by atoms with van der Waals surface area (Å²) in [4.78, 5) is 15.4. The van der Waals surface area contributed by atoms with Crippen LogP contribution in [0.1, 0.15) is 36.4 Å². The van der Waals surface area contributed by atoms with E-state index in [2.05, 4.69) is 10.3 Å². The van der Waals surface area contributed by atoms with Crippen molar-refractivity contribution in [2.24, 2.45) is 5.92 Å². The smallest absolute Gasteiger partial charge is 0.303 e. The third-order valence-electron chi connectivity index (χ3n) is 4.93. The van der Waals surface area contributed by atoms with E-state index in [1.54, 1.807) is 7.11 Å². The van der Waals surface area contributed by atoms with Crippen molar-refractivity contribution in [3.8, 4) is 5.75 Å². The Hall–Kier alpha value is -2.60. The maximum absolute atomic E-state index is 10.8. The molecule has 2 N–H and O–H groups in total. The summed E-state index contributed by atoms with van der Waals surface area (Å²) in [6, 6.07) is 14.0. The quantitative estimate of drug-likeness (QED) is 0.543. The average molecular weight is 384 g/mol. The highest BCUT2D eigenvalue weighted by molar-refractivity contribution is 5.67. The number of carbonyl (C=O) groups is 1. The first kappa shape index (κ1) is 20.1. The molecule has 3 rings (SSSR count). The second-order valence-electron chi connectivity index (χ2n) is 7.15. The number of aromatic nitrogens is 1. The molecule has 150 valence electrons. The van der Waals surface area contributed by atoms with Gasteiger partial charge in [0.05, 0.1) is 6.61 Å². The van der Waals surface area contributed by atoms with Gasteiger partial charge in [-0.25, -0.2) is 4.98 Å². The van der Waals surface area contributed by atoms with Gasteiger partial charge in [-0.2, -0.15) is 0 Å². The van der Waals surface area contributed by atoms with E-state index in [-0.39, 0.29) is 12.3 Å². The lowest BCUT2D eigenvalue weighted by Crippen LogP contribution is -2.08. The Morgan fingerprint density at radius 1 is 1.21 bits per heavy atom.